The molecule has 4 nitrogen and oxygen atoms in total. The maximum atomic E-state index is 12.4. The van der Waals surface area contributed by atoms with E-state index in [0.717, 1.165) is 11.3 Å². The van der Waals surface area contributed by atoms with E-state index in [9.17, 15) is 4.79 Å². The molecule has 0 fully saturated rings. The number of aryl methyl sites for hydroxylation is 1. The smallest absolute Gasteiger partial charge is 0.253 e. The first-order valence-electron chi connectivity index (χ1n) is 6.21. The quantitative estimate of drug-likeness (QED) is 0.811. The largest absolute Gasteiger partial charge is 0.496 e. The standard InChI is InChI=1S/C14H20N2O2S/c1-4-16(8-7-13(15)19)14(17)11-6-5-10(2)12(9-11)18-3/h5-6,9H,4,7-8H2,1-3H3,(H2,15,19). The number of benzene rings is 1. The van der Waals surface area contributed by atoms with Gasteiger partial charge < -0.3 is 15.4 Å². The van der Waals surface area contributed by atoms with E-state index in [1.54, 1.807) is 18.1 Å². The molecule has 19 heavy (non-hydrogen) atoms. The zero-order valence-corrected chi connectivity index (χ0v) is 12.4. The molecule has 0 saturated heterocycles. The van der Waals surface area contributed by atoms with Gasteiger partial charge in [-0.3, -0.25) is 4.79 Å². The number of ether oxygens (including phenoxy) is 1. The molecule has 0 atom stereocenters. The van der Waals surface area contributed by atoms with E-state index in [0.29, 0.717) is 30.1 Å². The lowest BCUT2D eigenvalue weighted by atomic mass is 10.1. The first-order chi connectivity index (χ1) is 8.99. The third-order valence-corrected chi connectivity index (χ3v) is 3.16. The van der Waals surface area contributed by atoms with E-state index in [1.165, 1.54) is 0 Å². The number of rotatable bonds is 6. The Hall–Kier alpha value is -1.62. The van der Waals surface area contributed by atoms with Crippen LogP contribution >= 0.6 is 12.2 Å². The second-order valence-corrected chi connectivity index (χ2v) is 4.81. The molecular weight excluding hydrogens is 260 g/mol. The first kappa shape index (κ1) is 15.4. The SMILES string of the molecule is CCN(CCC(N)=S)C(=O)c1ccc(C)c(OC)c1. The van der Waals surface area contributed by atoms with Crippen LogP contribution in [0.15, 0.2) is 18.2 Å². The minimum Gasteiger partial charge on any atom is -0.496 e. The summed E-state index contributed by atoms with van der Waals surface area (Å²) in [7, 11) is 1.60. The van der Waals surface area contributed by atoms with Crippen LogP contribution in [0.3, 0.4) is 0 Å². The number of nitrogens with zero attached hydrogens (tertiary/aromatic N) is 1. The zero-order chi connectivity index (χ0) is 14.4. The molecule has 1 aromatic carbocycles. The molecule has 0 unspecified atom stereocenters. The Balaban J connectivity index is 2.87. The molecule has 0 saturated carbocycles. The molecule has 2 N–H and O–H groups in total. The molecule has 0 aliphatic heterocycles. The molecule has 104 valence electrons. The minimum atomic E-state index is -0.0305. The molecule has 0 aromatic heterocycles. The van der Waals surface area contributed by atoms with Crippen molar-refractivity contribution in [2.75, 3.05) is 20.2 Å². The van der Waals surface area contributed by atoms with E-state index < -0.39 is 0 Å². The van der Waals surface area contributed by atoms with Crippen LogP contribution in [-0.4, -0.2) is 36.0 Å². The summed E-state index contributed by atoms with van der Waals surface area (Å²) in [5.41, 5.74) is 7.10. The van der Waals surface area contributed by atoms with Crippen LogP contribution in [0.2, 0.25) is 0 Å². The van der Waals surface area contributed by atoms with Crippen molar-refractivity contribution < 1.29 is 9.53 Å². The first-order valence-corrected chi connectivity index (χ1v) is 6.62. The lowest BCUT2D eigenvalue weighted by molar-refractivity contribution is 0.0768. The predicted octanol–water partition coefficient (Wildman–Crippen LogP) is 2.14. The molecule has 0 radical (unpaired) electrons. The van der Waals surface area contributed by atoms with Gasteiger partial charge in [0.1, 0.15) is 5.75 Å². The van der Waals surface area contributed by atoms with E-state index in [-0.39, 0.29) is 5.91 Å². The van der Waals surface area contributed by atoms with Crippen LogP contribution in [0.25, 0.3) is 0 Å². The van der Waals surface area contributed by atoms with Crippen LogP contribution in [0.4, 0.5) is 0 Å². The molecule has 1 rings (SSSR count). The van der Waals surface area contributed by atoms with Crippen molar-refractivity contribution in [3.8, 4) is 5.75 Å². The van der Waals surface area contributed by atoms with Gasteiger partial charge >= 0.3 is 0 Å². The maximum Gasteiger partial charge on any atom is 0.253 e. The Bertz CT molecular complexity index is 475. The van der Waals surface area contributed by atoms with Gasteiger partial charge in [0.2, 0.25) is 0 Å². The van der Waals surface area contributed by atoms with Crippen molar-refractivity contribution in [3.05, 3.63) is 29.3 Å². The molecule has 0 spiro atoms. The molecule has 0 aliphatic rings. The van der Waals surface area contributed by atoms with Gasteiger partial charge in [0.15, 0.2) is 0 Å². The number of hydrogen-bond donors (Lipinski definition) is 1. The lowest BCUT2D eigenvalue weighted by Gasteiger charge is -2.21. The van der Waals surface area contributed by atoms with E-state index in [4.69, 9.17) is 22.7 Å². The molecule has 0 aliphatic carbocycles. The van der Waals surface area contributed by atoms with Crippen LogP contribution in [0.5, 0.6) is 5.75 Å². The van der Waals surface area contributed by atoms with Gasteiger partial charge in [0, 0.05) is 25.1 Å². The van der Waals surface area contributed by atoms with Crippen LogP contribution in [0, 0.1) is 6.92 Å². The zero-order valence-electron chi connectivity index (χ0n) is 11.6. The molecule has 1 aromatic rings. The molecule has 0 bridgehead atoms. The Kier molecular flexibility index (Phi) is 5.76. The van der Waals surface area contributed by atoms with Gasteiger partial charge in [-0.05, 0) is 31.5 Å². The average molecular weight is 280 g/mol. The minimum absolute atomic E-state index is 0.0305. The third-order valence-electron chi connectivity index (χ3n) is 2.95. The summed E-state index contributed by atoms with van der Waals surface area (Å²) in [5.74, 6) is 0.688. The Labute approximate surface area is 119 Å². The number of hydrogen-bond acceptors (Lipinski definition) is 3. The van der Waals surface area contributed by atoms with Gasteiger partial charge in [-0.25, -0.2) is 0 Å². The second-order valence-electron chi connectivity index (χ2n) is 4.29. The van der Waals surface area contributed by atoms with E-state index in [2.05, 4.69) is 0 Å². The van der Waals surface area contributed by atoms with Gasteiger partial charge in [-0.2, -0.15) is 0 Å². The van der Waals surface area contributed by atoms with E-state index >= 15 is 0 Å². The number of amides is 1. The number of carbonyl (C=O) groups is 1. The Morgan fingerprint density at radius 3 is 2.68 bits per heavy atom. The molecule has 1 amide bonds. The van der Waals surface area contributed by atoms with Crippen molar-refractivity contribution in [3.63, 3.8) is 0 Å². The molecular formula is C14H20N2O2S. The summed E-state index contributed by atoms with van der Waals surface area (Å²) in [6, 6.07) is 5.46. The highest BCUT2D eigenvalue weighted by Gasteiger charge is 2.15. The summed E-state index contributed by atoms with van der Waals surface area (Å²) in [6.45, 7) is 5.04. The maximum absolute atomic E-state index is 12.4. The third kappa shape index (κ3) is 4.21. The number of methoxy groups -OCH3 is 1. The number of carbonyl (C=O) groups excluding carboxylic acids is 1. The predicted molar refractivity (Wildman–Crippen MR) is 80.7 cm³/mol. The van der Waals surface area contributed by atoms with Crippen molar-refractivity contribution in [2.45, 2.75) is 20.3 Å². The fourth-order valence-corrected chi connectivity index (χ4v) is 1.88. The van der Waals surface area contributed by atoms with Gasteiger partial charge in [-0.1, -0.05) is 18.3 Å². The van der Waals surface area contributed by atoms with Crippen LogP contribution in [0.1, 0.15) is 29.3 Å². The van der Waals surface area contributed by atoms with Gasteiger partial charge in [0.05, 0.1) is 12.1 Å². The van der Waals surface area contributed by atoms with Crippen molar-refractivity contribution in [1.82, 2.24) is 4.90 Å². The highest BCUT2D eigenvalue weighted by molar-refractivity contribution is 7.80. The fourth-order valence-electron chi connectivity index (χ4n) is 1.78. The van der Waals surface area contributed by atoms with Crippen molar-refractivity contribution in [2.24, 2.45) is 5.73 Å². The summed E-state index contributed by atoms with van der Waals surface area (Å²) in [6.07, 6.45) is 0.540. The van der Waals surface area contributed by atoms with Crippen LogP contribution in [-0.2, 0) is 0 Å². The number of thiocarbonyl (C=S) groups is 1. The van der Waals surface area contributed by atoms with E-state index in [1.807, 2.05) is 26.0 Å². The summed E-state index contributed by atoms with van der Waals surface area (Å²) < 4.78 is 5.24. The molecule has 5 heteroatoms. The Morgan fingerprint density at radius 2 is 2.16 bits per heavy atom. The average Bonchev–Trinajstić information content (AvgIpc) is 2.39. The second kappa shape index (κ2) is 7.09. The van der Waals surface area contributed by atoms with Crippen molar-refractivity contribution >= 4 is 23.1 Å². The number of nitrogens with two attached hydrogens (primary N) is 1. The normalized spacial score (nSPS) is 10.1. The topological polar surface area (TPSA) is 55.6 Å². The summed E-state index contributed by atoms with van der Waals surface area (Å²) in [4.78, 5) is 14.5. The summed E-state index contributed by atoms with van der Waals surface area (Å²) in [5, 5.41) is 0. The lowest BCUT2D eigenvalue weighted by Crippen LogP contribution is -2.33. The molecule has 0 heterocycles. The monoisotopic (exact) mass is 280 g/mol. The van der Waals surface area contributed by atoms with Gasteiger partial charge in [-0.15, -0.1) is 0 Å². The summed E-state index contributed by atoms with van der Waals surface area (Å²) >= 11 is 4.84. The highest BCUT2D eigenvalue weighted by Crippen LogP contribution is 2.20. The van der Waals surface area contributed by atoms with Crippen LogP contribution < -0.4 is 10.5 Å². The van der Waals surface area contributed by atoms with Gasteiger partial charge in [0.25, 0.3) is 5.91 Å². The fraction of sp³-hybridized carbons (Fsp3) is 0.429. The highest BCUT2D eigenvalue weighted by atomic mass is 32.1. The van der Waals surface area contributed by atoms with Crippen molar-refractivity contribution in [1.29, 1.82) is 0 Å². The Morgan fingerprint density at radius 1 is 1.47 bits per heavy atom.